The molecule has 1 N–H and O–H groups in total. The van der Waals surface area contributed by atoms with Gasteiger partial charge in [-0.3, -0.25) is 13.9 Å². The summed E-state index contributed by atoms with van der Waals surface area (Å²) >= 11 is 0. The van der Waals surface area contributed by atoms with Gasteiger partial charge in [0.25, 0.3) is 15.9 Å². The summed E-state index contributed by atoms with van der Waals surface area (Å²) in [6.45, 7) is 1.65. The van der Waals surface area contributed by atoms with Crippen LogP contribution in [-0.4, -0.2) is 65.1 Å². The maximum atomic E-state index is 13.4. The minimum absolute atomic E-state index is 0.0691. The Kier molecular flexibility index (Phi) is 7.87. The average molecular weight is 510 g/mol. The minimum atomic E-state index is -4.02. The lowest BCUT2D eigenvalue weighted by Crippen LogP contribution is -2.40. The number of nitrogens with zero attached hydrogens (tertiary/aromatic N) is 2. The zero-order valence-electron chi connectivity index (χ0n) is 19.8. The normalized spacial score (nSPS) is 13.6. The molecule has 0 atom stereocenters. The van der Waals surface area contributed by atoms with Crippen LogP contribution in [0.1, 0.15) is 10.4 Å². The van der Waals surface area contributed by atoms with Crippen molar-refractivity contribution in [3.8, 4) is 5.75 Å². The van der Waals surface area contributed by atoms with Crippen LogP contribution in [0, 0.1) is 0 Å². The highest BCUT2D eigenvalue weighted by Gasteiger charge is 2.27. The van der Waals surface area contributed by atoms with Gasteiger partial charge in [-0.1, -0.05) is 18.2 Å². The van der Waals surface area contributed by atoms with Crippen LogP contribution in [0.5, 0.6) is 5.75 Å². The molecule has 1 heterocycles. The zero-order chi connectivity index (χ0) is 25.5. The molecule has 4 rings (SSSR count). The molecular weight excluding hydrogens is 482 g/mol. The van der Waals surface area contributed by atoms with Gasteiger partial charge in [0.2, 0.25) is 5.91 Å². The summed E-state index contributed by atoms with van der Waals surface area (Å²) in [6, 6.07) is 20.9. The van der Waals surface area contributed by atoms with Gasteiger partial charge in [0.05, 0.1) is 30.9 Å². The third-order valence-corrected chi connectivity index (χ3v) is 7.48. The maximum absolute atomic E-state index is 13.4. The highest BCUT2D eigenvalue weighted by Crippen LogP contribution is 2.26. The Morgan fingerprint density at radius 3 is 2.19 bits per heavy atom. The van der Waals surface area contributed by atoms with E-state index in [0.29, 0.717) is 49.0 Å². The van der Waals surface area contributed by atoms with Gasteiger partial charge >= 0.3 is 0 Å². The molecule has 0 unspecified atom stereocenters. The van der Waals surface area contributed by atoms with E-state index in [4.69, 9.17) is 9.47 Å². The molecule has 9 nitrogen and oxygen atoms in total. The average Bonchev–Trinajstić information content (AvgIpc) is 2.93. The van der Waals surface area contributed by atoms with Crippen LogP contribution >= 0.6 is 0 Å². The van der Waals surface area contributed by atoms with Crippen molar-refractivity contribution in [3.05, 3.63) is 84.4 Å². The number of morpholine rings is 1. The first-order chi connectivity index (χ1) is 17.4. The van der Waals surface area contributed by atoms with E-state index in [9.17, 15) is 18.0 Å². The highest BCUT2D eigenvalue weighted by molar-refractivity contribution is 7.92. The smallest absolute Gasteiger partial charge is 0.264 e. The van der Waals surface area contributed by atoms with E-state index in [-0.39, 0.29) is 10.8 Å². The third-order valence-electron chi connectivity index (χ3n) is 5.69. The molecule has 1 saturated heterocycles. The van der Waals surface area contributed by atoms with Gasteiger partial charge in [-0.2, -0.15) is 0 Å². The van der Waals surface area contributed by atoms with Crippen LogP contribution in [0.25, 0.3) is 0 Å². The number of carbonyl (C=O) groups is 2. The van der Waals surface area contributed by atoms with Crippen molar-refractivity contribution in [2.45, 2.75) is 4.90 Å². The lowest BCUT2D eigenvalue weighted by atomic mass is 10.1. The second-order valence-electron chi connectivity index (χ2n) is 8.05. The van der Waals surface area contributed by atoms with Crippen molar-refractivity contribution < 1.29 is 27.5 Å². The fourth-order valence-corrected chi connectivity index (χ4v) is 5.20. The first kappa shape index (κ1) is 25.2. The molecule has 10 heteroatoms. The molecule has 0 aromatic heterocycles. The summed E-state index contributed by atoms with van der Waals surface area (Å²) < 4.78 is 38.3. The summed E-state index contributed by atoms with van der Waals surface area (Å²) in [5.74, 6) is -0.0691. The van der Waals surface area contributed by atoms with Crippen LogP contribution in [0.4, 0.5) is 11.4 Å². The fraction of sp³-hybridized carbons (Fsp3) is 0.231. The van der Waals surface area contributed by atoms with Crippen LogP contribution < -0.4 is 14.4 Å². The second-order valence-corrected chi connectivity index (χ2v) is 9.92. The molecule has 0 radical (unpaired) electrons. The molecule has 188 valence electrons. The van der Waals surface area contributed by atoms with Crippen molar-refractivity contribution in [2.75, 3.05) is 49.6 Å². The SMILES string of the molecule is COc1ccc(N(CC(=O)Nc2ccc(C(=O)N3CCOCC3)cc2)S(=O)(=O)c2ccccc2)cc1. The summed E-state index contributed by atoms with van der Waals surface area (Å²) in [7, 11) is -2.51. The predicted molar refractivity (Wildman–Crippen MR) is 136 cm³/mol. The summed E-state index contributed by atoms with van der Waals surface area (Å²) in [5, 5.41) is 2.72. The number of anilines is 2. The molecule has 1 aliphatic rings. The number of sulfonamides is 1. The summed E-state index contributed by atoms with van der Waals surface area (Å²) in [4.78, 5) is 27.3. The van der Waals surface area contributed by atoms with Gasteiger partial charge in [-0.25, -0.2) is 8.42 Å². The monoisotopic (exact) mass is 509 g/mol. The molecule has 0 bridgehead atoms. The molecule has 36 heavy (non-hydrogen) atoms. The molecule has 3 aromatic carbocycles. The van der Waals surface area contributed by atoms with Crippen molar-refractivity contribution >= 4 is 33.2 Å². The predicted octanol–water partition coefficient (Wildman–Crippen LogP) is 3.00. The number of amides is 2. The first-order valence-corrected chi connectivity index (χ1v) is 12.8. The number of nitrogens with one attached hydrogen (secondary N) is 1. The van der Waals surface area contributed by atoms with E-state index in [1.54, 1.807) is 71.6 Å². The van der Waals surface area contributed by atoms with E-state index >= 15 is 0 Å². The fourth-order valence-electron chi connectivity index (χ4n) is 3.76. The number of hydrogen-bond acceptors (Lipinski definition) is 6. The Morgan fingerprint density at radius 1 is 0.944 bits per heavy atom. The van der Waals surface area contributed by atoms with Gasteiger partial charge in [-0.05, 0) is 60.7 Å². The van der Waals surface area contributed by atoms with Crippen LogP contribution in [-0.2, 0) is 19.6 Å². The molecular formula is C26H27N3O6S. The standard InChI is InChI=1S/C26H27N3O6S/c1-34-23-13-11-22(12-14-23)29(36(32,33)24-5-3-2-4-6-24)19-25(30)27-21-9-7-20(8-10-21)26(31)28-15-17-35-18-16-28/h2-14H,15-19H2,1H3,(H,27,30). The Hall–Kier alpha value is -3.89. The van der Waals surface area contributed by atoms with Gasteiger partial charge < -0.3 is 19.7 Å². The topological polar surface area (TPSA) is 105 Å². The summed E-state index contributed by atoms with van der Waals surface area (Å²) in [5.41, 5.74) is 1.27. The number of hydrogen-bond donors (Lipinski definition) is 1. The Labute approximate surface area is 210 Å². The second kappa shape index (κ2) is 11.2. The van der Waals surface area contributed by atoms with Crippen molar-refractivity contribution in [1.82, 2.24) is 4.90 Å². The van der Waals surface area contributed by atoms with Crippen LogP contribution in [0.3, 0.4) is 0 Å². The van der Waals surface area contributed by atoms with Gasteiger partial charge in [-0.15, -0.1) is 0 Å². The van der Waals surface area contributed by atoms with Gasteiger partial charge in [0, 0.05) is 24.3 Å². The number of ether oxygens (including phenoxy) is 2. The summed E-state index contributed by atoms with van der Waals surface area (Å²) in [6.07, 6.45) is 0. The molecule has 0 saturated carbocycles. The van der Waals surface area contributed by atoms with Crippen molar-refractivity contribution in [3.63, 3.8) is 0 Å². The van der Waals surface area contributed by atoms with E-state index in [1.165, 1.54) is 19.2 Å². The van der Waals surface area contributed by atoms with E-state index < -0.39 is 22.5 Å². The Bertz CT molecular complexity index is 1290. The lowest BCUT2D eigenvalue weighted by Gasteiger charge is -2.27. The molecule has 1 fully saturated rings. The Morgan fingerprint density at radius 2 is 1.58 bits per heavy atom. The number of carbonyl (C=O) groups excluding carboxylic acids is 2. The van der Waals surface area contributed by atoms with Crippen molar-refractivity contribution in [2.24, 2.45) is 0 Å². The maximum Gasteiger partial charge on any atom is 0.264 e. The largest absolute Gasteiger partial charge is 0.497 e. The number of methoxy groups -OCH3 is 1. The van der Waals surface area contributed by atoms with Gasteiger partial charge in [0.1, 0.15) is 12.3 Å². The third kappa shape index (κ3) is 5.84. The molecule has 1 aliphatic heterocycles. The lowest BCUT2D eigenvalue weighted by molar-refractivity contribution is -0.114. The van der Waals surface area contributed by atoms with E-state index in [0.717, 1.165) is 4.31 Å². The van der Waals surface area contributed by atoms with Gasteiger partial charge in [0.15, 0.2) is 0 Å². The van der Waals surface area contributed by atoms with E-state index in [1.807, 2.05) is 0 Å². The van der Waals surface area contributed by atoms with Crippen LogP contribution in [0.15, 0.2) is 83.8 Å². The molecule has 0 spiro atoms. The molecule has 0 aliphatic carbocycles. The Balaban J connectivity index is 1.51. The van der Waals surface area contributed by atoms with E-state index in [2.05, 4.69) is 5.32 Å². The molecule has 2 amide bonds. The quantitative estimate of drug-likeness (QED) is 0.501. The molecule has 3 aromatic rings. The highest BCUT2D eigenvalue weighted by atomic mass is 32.2. The minimum Gasteiger partial charge on any atom is -0.497 e. The van der Waals surface area contributed by atoms with Crippen LogP contribution in [0.2, 0.25) is 0 Å². The zero-order valence-corrected chi connectivity index (χ0v) is 20.6. The first-order valence-electron chi connectivity index (χ1n) is 11.4. The van der Waals surface area contributed by atoms with Crippen molar-refractivity contribution in [1.29, 1.82) is 0 Å². The number of rotatable bonds is 8. The number of benzene rings is 3.